The molecule has 0 unspecified atom stereocenters. The van der Waals surface area contributed by atoms with E-state index in [0.717, 1.165) is 18.5 Å². The minimum absolute atomic E-state index is 0.0142. The predicted octanol–water partition coefficient (Wildman–Crippen LogP) is 2.32. The predicted molar refractivity (Wildman–Crippen MR) is 96.0 cm³/mol. The lowest BCUT2D eigenvalue weighted by Crippen LogP contribution is -2.53. The zero-order valence-electron chi connectivity index (χ0n) is 14.5. The first kappa shape index (κ1) is 17.2. The second-order valence-electron chi connectivity index (χ2n) is 6.36. The molecule has 1 aromatic carbocycles. The van der Waals surface area contributed by atoms with Gasteiger partial charge in [-0.05, 0) is 37.5 Å². The summed E-state index contributed by atoms with van der Waals surface area (Å²) in [6, 6.07) is 11.2. The number of likely N-dealkylation sites (N-methyl/N-ethyl adjacent to an activating group) is 1. The Hall–Kier alpha value is -2.63. The maximum Gasteiger partial charge on any atom is 0.249 e. The van der Waals surface area contributed by atoms with Gasteiger partial charge >= 0.3 is 0 Å². The number of hydrogen-bond donors (Lipinski definition) is 0. The molecule has 0 spiro atoms. The van der Waals surface area contributed by atoms with Gasteiger partial charge in [0.15, 0.2) is 0 Å². The molecule has 6 heteroatoms. The van der Waals surface area contributed by atoms with E-state index in [0.29, 0.717) is 25.9 Å². The van der Waals surface area contributed by atoms with Crippen LogP contribution >= 0.6 is 0 Å². The molecule has 3 rings (SSSR count). The van der Waals surface area contributed by atoms with Crippen LogP contribution in [0.4, 0.5) is 5.69 Å². The summed E-state index contributed by atoms with van der Waals surface area (Å²) in [6.45, 7) is 1.42. The highest BCUT2D eigenvalue weighted by atomic mass is 16.2. The summed E-state index contributed by atoms with van der Waals surface area (Å²) in [5.74, 6) is 0.0285. The number of aromatic nitrogens is 2. The lowest BCUT2D eigenvalue weighted by atomic mass is 10.0. The molecule has 0 bridgehead atoms. The van der Waals surface area contributed by atoms with Crippen LogP contribution in [0.5, 0.6) is 0 Å². The van der Waals surface area contributed by atoms with Gasteiger partial charge in [-0.25, -0.2) is 0 Å². The standard InChI is InChI=1S/C19H24N4O2/c1-21(18(24)11-6-13-22-14-7-12-20-22)17-10-5-15-23(19(17)25)16-8-3-2-4-9-16/h2-4,7-9,12,14,17H,5-6,10-11,13,15H2,1H3/t17-/m0/s1. The number of piperidine rings is 1. The van der Waals surface area contributed by atoms with Crippen LogP contribution in [0.1, 0.15) is 25.7 Å². The molecule has 1 aliphatic heterocycles. The number of anilines is 1. The summed E-state index contributed by atoms with van der Waals surface area (Å²) in [5.41, 5.74) is 0.900. The summed E-state index contributed by atoms with van der Waals surface area (Å²) in [4.78, 5) is 28.8. The molecule has 0 saturated carbocycles. The zero-order valence-corrected chi connectivity index (χ0v) is 14.5. The van der Waals surface area contributed by atoms with Gasteiger partial charge in [-0.1, -0.05) is 18.2 Å². The van der Waals surface area contributed by atoms with E-state index in [4.69, 9.17) is 0 Å². The number of carbonyl (C=O) groups excluding carboxylic acids is 2. The summed E-state index contributed by atoms with van der Waals surface area (Å²) in [7, 11) is 1.74. The quantitative estimate of drug-likeness (QED) is 0.811. The first-order chi connectivity index (χ1) is 12.2. The molecular formula is C19H24N4O2. The topological polar surface area (TPSA) is 58.4 Å². The molecule has 2 amide bonds. The Morgan fingerprint density at radius 1 is 1.28 bits per heavy atom. The fourth-order valence-electron chi connectivity index (χ4n) is 3.26. The van der Waals surface area contributed by atoms with Gasteiger partial charge in [-0.2, -0.15) is 5.10 Å². The second-order valence-corrected chi connectivity index (χ2v) is 6.36. The second kappa shape index (κ2) is 7.96. The fourth-order valence-corrected chi connectivity index (χ4v) is 3.26. The summed E-state index contributed by atoms with van der Waals surface area (Å²) in [6.07, 6.45) is 6.38. The van der Waals surface area contributed by atoms with Crippen molar-refractivity contribution in [1.82, 2.24) is 14.7 Å². The Balaban J connectivity index is 1.57. The van der Waals surface area contributed by atoms with Crippen LogP contribution in [0, 0.1) is 0 Å². The Labute approximate surface area is 148 Å². The third-order valence-electron chi connectivity index (χ3n) is 4.68. The zero-order chi connectivity index (χ0) is 17.6. The lowest BCUT2D eigenvalue weighted by Gasteiger charge is -2.37. The molecule has 1 saturated heterocycles. The third-order valence-corrected chi connectivity index (χ3v) is 4.68. The van der Waals surface area contributed by atoms with Gasteiger partial charge in [0, 0.05) is 44.6 Å². The minimum Gasteiger partial charge on any atom is -0.334 e. The SMILES string of the molecule is CN(C(=O)CCCn1cccn1)[C@H]1CCCN(c2ccccc2)C1=O. The van der Waals surface area contributed by atoms with Crippen LogP contribution in [0.25, 0.3) is 0 Å². The van der Waals surface area contributed by atoms with E-state index in [9.17, 15) is 9.59 Å². The molecule has 1 fully saturated rings. The van der Waals surface area contributed by atoms with Crippen LogP contribution in [-0.2, 0) is 16.1 Å². The van der Waals surface area contributed by atoms with Gasteiger partial charge in [0.2, 0.25) is 11.8 Å². The Morgan fingerprint density at radius 3 is 2.80 bits per heavy atom. The molecule has 0 radical (unpaired) electrons. The monoisotopic (exact) mass is 340 g/mol. The molecule has 1 aromatic heterocycles. The first-order valence-electron chi connectivity index (χ1n) is 8.76. The number of nitrogens with zero attached hydrogens (tertiary/aromatic N) is 4. The maximum absolute atomic E-state index is 12.9. The molecule has 2 heterocycles. The normalized spacial score (nSPS) is 17.6. The van der Waals surface area contributed by atoms with E-state index in [2.05, 4.69) is 5.10 Å². The summed E-state index contributed by atoms with van der Waals surface area (Å²) in [5, 5.41) is 4.13. The van der Waals surface area contributed by atoms with E-state index < -0.39 is 0 Å². The first-order valence-corrected chi connectivity index (χ1v) is 8.76. The number of aryl methyl sites for hydroxylation is 1. The fraction of sp³-hybridized carbons (Fsp3) is 0.421. The van der Waals surface area contributed by atoms with Crippen molar-refractivity contribution in [2.45, 2.75) is 38.3 Å². The molecule has 1 aliphatic rings. The van der Waals surface area contributed by atoms with Gasteiger partial charge in [-0.3, -0.25) is 14.3 Å². The van der Waals surface area contributed by atoms with Crippen molar-refractivity contribution in [2.24, 2.45) is 0 Å². The van der Waals surface area contributed by atoms with Crippen molar-refractivity contribution in [3.8, 4) is 0 Å². The number of hydrogen-bond acceptors (Lipinski definition) is 3. The van der Waals surface area contributed by atoms with E-state index in [1.54, 1.807) is 23.0 Å². The van der Waals surface area contributed by atoms with E-state index >= 15 is 0 Å². The summed E-state index contributed by atoms with van der Waals surface area (Å²) < 4.78 is 1.82. The number of benzene rings is 1. The van der Waals surface area contributed by atoms with Crippen molar-refractivity contribution in [3.63, 3.8) is 0 Å². The molecule has 132 valence electrons. The Kier molecular flexibility index (Phi) is 5.48. The van der Waals surface area contributed by atoms with Gasteiger partial charge in [0.25, 0.3) is 0 Å². The van der Waals surface area contributed by atoms with Gasteiger partial charge in [0.1, 0.15) is 6.04 Å². The maximum atomic E-state index is 12.9. The molecule has 1 atom stereocenters. The lowest BCUT2D eigenvalue weighted by molar-refractivity contribution is -0.139. The Morgan fingerprint density at radius 2 is 2.08 bits per heavy atom. The largest absolute Gasteiger partial charge is 0.334 e. The van der Waals surface area contributed by atoms with Crippen molar-refractivity contribution >= 4 is 17.5 Å². The van der Waals surface area contributed by atoms with Crippen molar-refractivity contribution < 1.29 is 9.59 Å². The molecular weight excluding hydrogens is 316 g/mol. The number of rotatable bonds is 6. The molecule has 0 aliphatic carbocycles. The van der Waals surface area contributed by atoms with Crippen LogP contribution in [0.15, 0.2) is 48.8 Å². The van der Waals surface area contributed by atoms with Gasteiger partial charge in [-0.15, -0.1) is 0 Å². The van der Waals surface area contributed by atoms with Gasteiger partial charge in [0.05, 0.1) is 0 Å². The molecule has 0 N–H and O–H groups in total. The molecule has 2 aromatic rings. The third kappa shape index (κ3) is 4.07. The van der Waals surface area contributed by atoms with Crippen LogP contribution < -0.4 is 4.90 Å². The van der Waals surface area contributed by atoms with Crippen LogP contribution in [0.2, 0.25) is 0 Å². The van der Waals surface area contributed by atoms with Crippen molar-refractivity contribution in [1.29, 1.82) is 0 Å². The number of amides is 2. The summed E-state index contributed by atoms with van der Waals surface area (Å²) >= 11 is 0. The van der Waals surface area contributed by atoms with Crippen LogP contribution in [-0.4, -0.2) is 46.1 Å². The van der Waals surface area contributed by atoms with E-state index in [1.807, 2.05) is 47.3 Å². The van der Waals surface area contributed by atoms with Crippen molar-refractivity contribution in [2.75, 3.05) is 18.5 Å². The highest BCUT2D eigenvalue weighted by Gasteiger charge is 2.34. The Bertz CT molecular complexity index is 699. The van der Waals surface area contributed by atoms with E-state index in [1.165, 1.54) is 0 Å². The number of carbonyl (C=O) groups is 2. The minimum atomic E-state index is -0.369. The smallest absolute Gasteiger partial charge is 0.249 e. The van der Waals surface area contributed by atoms with Crippen molar-refractivity contribution in [3.05, 3.63) is 48.8 Å². The van der Waals surface area contributed by atoms with E-state index in [-0.39, 0.29) is 17.9 Å². The highest BCUT2D eigenvalue weighted by Crippen LogP contribution is 2.23. The van der Waals surface area contributed by atoms with Gasteiger partial charge < -0.3 is 9.80 Å². The van der Waals surface area contributed by atoms with Crippen LogP contribution in [0.3, 0.4) is 0 Å². The number of para-hydroxylation sites is 1. The average Bonchev–Trinajstić information content (AvgIpc) is 3.15. The molecule has 6 nitrogen and oxygen atoms in total. The molecule has 25 heavy (non-hydrogen) atoms. The highest BCUT2D eigenvalue weighted by molar-refractivity contribution is 5.99. The average molecular weight is 340 g/mol.